The van der Waals surface area contributed by atoms with Gasteiger partial charge in [-0.3, -0.25) is 0 Å². The first-order valence-corrected chi connectivity index (χ1v) is 8.10. The lowest BCUT2D eigenvalue weighted by molar-refractivity contribution is -0.133. The smallest absolute Gasteiger partial charge is 0.332 e. The largest absolute Gasteiger partial charge is 0.478 e. The van der Waals surface area contributed by atoms with Gasteiger partial charge in [0.15, 0.2) is 0 Å². The summed E-state index contributed by atoms with van der Waals surface area (Å²) < 4.78 is 0. The zero-order valence-electron chi connectivity index (χ0n) is 13.6. The Bertz CT molecular complexity index is 745. The van der Waals surface area contributed by atoms with Gasteiger partial charge in [0.2, 0.25) is 0 Å². The number of allylic oxidation sites excluding steroid dienone is 1. The fourth-order valence-electron chi connectivity index (χ4n) is 3.70. The molecule has 2 heteroatoms. The molecule has 0 aliphatic heterocycles. The highest BCUT2D eigenvalue weighted by atomic mass is 16.4. The monoisotopic (exact) mass is 306 g/mol. The van der Waals surface area contributed by atoms with Crippen LogP contribution in [0.4, 0.5) is 0 Å². The van der Waals surface area contributed by atoms with Gasteiger partial charge in [0.1, 0.15) is 0 Å². The van der Waals surface area contributed by atoms with Crippen LogP contribution in [0.25, 0.3) is 11.1 Å². The van der Waals surface area contributed by atoms with E-state index in [9.17, 15) is 9.90 Å². The molecule has 23 heavy (non-hydrogen) atoms. The Morgan fingerprint density at radius 3 is 2.48 bits per heavy atom. The Morgan fingerprint density at radius 1 is 1.09 bits per heavy atom. The second-order valence-corrected chi connectivity index (χ2v) is 6.75. The van der Waals surface area contributed by atoms with Crippen LogP contribution in [-0.2, 0) is 10.2 Å². The quantitative estimate of drug-likeness (QED) is 0.861. The van der Waals surface area contributed by atoms with Crippen LogP contribution in [-0.4, -0.2) is 11.1 Å². The normalized spacial score (nSPS) is 24.1. The van der Waals surface area contributed by atoms with Crippen LogP contribution >= 0.6 is 0 Å². The number of benzene rings is 2. The van der Waals surface area contributed by atoms with Crippen LogP contribution < -0.4 is 0 Å². The zero-order valence-corrected chi connectivity index (χ0v) is 13.6. The van der Waals surface area contributed by atoms with Gasteiger partial charge in [-0.1, -0.05) is 74.5 Å². The van der Waals surface area contributed by atoms with E-state index >= 15 is 0 Å². The van der Waals surface area contributed by atoms with Crippen LogP contribution in [0.5, 0.6) is 0 Å². The fourth-order valence-corrected chi connectivity index (χ4v) is 3.70. The maximum atomic E-state index is 11.7. The summed E-state index contributed by atoms with van der Waals surface area (Å²) in [4.78, 5) is 11.7. The van der Waals surface area contributed by atoms with Crippen molar-refractivity contribution in [2.24, 2.45) is 5.92 Å². The minimum atomic E-state index is -0.801. The van der Waals surface area contributed by atoms with Gasteiger partial charge in [-0.15, -0.1) is 0 Å². The number of hydrogen-bond acceptors (Lipinski definition) is 1. The first-order chi connectivity index (χ1) is 11.0. The second kappa shape index (κ2) is 6.04. The van der Waals surface area contributed by atoms with Crippen molar-refractivity contribution in [1.82, 2.24) is 0 Å². The SMILES string of the molecule is CC1CC=C(C(=O)O)C(C)(c2cccc(-c3ccccc3)c2)C1. The molecule has 0 saturated carbocycles. The second-order valence-electron chi connectivity index (χ2n) is 6.75. The molecule has 0 spiro atoms. The number of aliphatic carboxylic acids is 1. The van der Waals surface area contributed by atoms with E-state index in [4.69, 9.17) is 0 Å². The molecule has 0 bridgehead atoms. The third-order valence-corrected chi connectivity index (χ3v) is 4.91. The van der Waals surface area contributed by atoms with E-state index < -0.39 is 11.4 Å². The van der Waals surface area contributed by atoms with E-state index in [0.717, 1.165) is 29.5 Å². The summed E-state index contributed by atoms with van der Waals surface area (Å²) >= 11 is 0. The summed E-state index contributed by atoms with van der Waals surface area (Å²) in [5.74, 6) is -0.312. The number of carbonyl (C=O) groups is 1. The van der Waals surface area contributed by atoms with Crippen molar-refractivity contribution in [3.8, 4) is 11.1 Å². The highest BCUT2D eigenvalue weighted by Crippen LogP contribution is 2.43. The topological polar surface area (TPSA) is 37.3 Å². The third kappa shape index (κ3) is 2.94. The Kier molecular flexibility index (Phi) is 4.08. The minimum Gasteiger partial charge on any atom is -0.478 e. The Balaban J connectivity index is 2.08. The van der Waals surface area contributed by atoms with E-state index in [1.54, 1.807) is 0 Å². The molecule has 2 unspecified atom stereocenters. The molecule has 2 nitrogen and oxygen atoms in total. The summed E-state index contributed by atoms with van der Waals surface area (Å²) in [6, 6.07) is 18.5. The van der Waals surface area contributed by atoms with Gasteiger partial charge in [-0.05, 0) is 35.4 Å². The first kappa shape index (κ1) is 15.5. The van der Waals surface area contributed by atoms with Crippen LogP contribution in [0.1, 0.15) is 32.3 Å². The van der Waals surface area contributed by atoms with Gasteiger partial charge in [0.25, 0.3) is 0 Å². The van der Waals surface area contributed by atoms with Gasteiger partial charge in [-0.25, -0.2) is 4.79 Å². The van der Waals surface area contributed by atoms with E-state index in [1.165, 1.54) is 0 Å². The Labute approximate surface area is 137 Å². The van der Waals surface area contributed by atoms with E-state index in [2.05, 4.69) is 44.2 Å². The molecule has 2 aromatic carbocycles. The van der Waals surface area contributed by atoms with Gasteiger partial charge in [-0.2, -0.15) is 0 Å². The maximum Gasteiger partial charge on any atom is 0.332 e. The van der Waals surface area contributed by atoms with Crippen LogP contribution in [0.15, 0.2) is 66.2 Å². The predicted octanol–water partition coefficient (Wildman–Crippen LogP) is 5.05. The molecular weight excluding hydrogens is 284 g/mol. The lowest BCUT2D eigenvalue weighted by Crippen LogP contribution is -2.34. The molecule has 1 aliphatic rings. The van der Waals surface area contributed by atoms with Crippen molar-refractivity contribution >= 4 is 5.97 Å². The number of carboxylic acid groups (broad SMARTS) is 1. The highest BCUT2D eigenvalue weighted by Gasteiger charge is 2.39. The minimum absolute atomic E-state index is 0.436. The van der Waals surface area contributed by atoms with E-state index in [0.29, 0.717) is 11.5 Å². The summed E-state index contributed by atoms with van der Waals surface area (Å²) in [5, 5.41) is 9.64. The Morgan fingerprint density at radius 2 is 1.78 bits per heavy atom. The fraction of sp³-hybridized carbons (Fsp3) is 0.286. The molecule has 0 amide bonds. The molecule has 2 aromatic rings. The zero-order chi connectivity index (χ0) is 16.4. The highest BCUT2D eigenvalue weighted by molar-refractivity contribution is 5.90. The molecule has 3 rings (SSSR count). The van der Waals surface area contributed by atoms with E-state index in [-0.39, 0.29) is 0 Å². The van der Waals surface area contributed by atoms with Gasteiger partial charge < -0.3 is 5.11 Å². The average molecular weight is 306 g/mol. The van der Waals surface area contributed by atoms with Crippen LogP contribution in [0.3, 0.4) is 0 Å². The lowest BCUT2D eigenvalue weighted by atomic mass is 9.66. The number of hydrogen-bond donors (Lipinski definition) is 1. The molecule has 118 valence electrons. The molecule has 0 fully saturated rings. The van der Waals surface area contributed by atoms with E-state index in [1.807, 2.05) is 30.3 Å². The molecule has 0 saturated heterocycles. The number of rotatable bonds is 3. The van der Waals surface area contributed by atoms with Crippen molar-refractivity contribution in [3.05, 3.63) is 71.8 Å². The predicted molar refractivity (Wildman–Crippen MR) is 93.3 cm³/mol. The molecule has 1 N–H and O–H groups in total. The third-order valence-electron chi connectivity index (χ3n) is 4.91. The van der Waals surface area contributed by atoms with Gasteiger partial charge in [0, 0.05) is 11.0 Å². The molecule has 2 atom stereocenters. The molecule has 0 aromatic heterocycles. The van der Waals surface area contributed by atoms with Crippen molar-refractivity contribution in [3.63, 3.8) is 0 Å². The molecule has 1 aliphatic carbocycles. The molecule has 0 radical (unpaired) electrons. The summed E-state index contributed by atoms with van der Waals surface area (Å²) in [5.41, 5.74) is 3.46. The number of carboxylic acids is 1. The van der Waals surface area contributed by atoms with Crippen molar-refractivity contribution in [1.29, 1.82) is 0 Å². The van der Waals surface area contributed by atoms with Crippen LogP contribution in [0, 0.1) is 5.92 Å². The summed E-state index contributed by atoms with van der Waals surface area (Å²) in [6.07, 6.45) is 3.62. The van der Waals surface area contributed by atoms with Crippen molar-refractivity contribution in [2.75, 3.05) is 0 Å². The van der Waals surface area contributed by atoms with Gasteiger partial charge >= 0.3 is 5.97 Å². The summed E-state index contributed by atoms with van der Waals surface area (Å²) in [7, 11) is 0. The van der Waals surface area contributed by atoms with Crippen LogP contribution in [0.2, 0.25) is 0 Å². The summed E-state index contributed by atoms with van der Waals surface area (Å²) in [6.45, 7) is 4.25. The maximum absolute atomic E-state index is 11.7. The molecule has 0 heterocycles. The lowest BCUT2D eigenvalue weighted by Gasteiger charge is -2.37. The Hall–Kier alpha value is -2.35. The average Bonchev–Trinajstić information content (AvgIpc) is 2.55. The molecular formula is C21H22O2. The van der Waals surface area contributed by atoms with Gasteiger partial charge in [0.05, 0.1) is 0 Å². The van der Waals surface area contributed by atoms with Crippen molar-refractivity contribution < 1.29 is 9.90 Å². The first-order valence-electron chi connectivity index (χ1n) is 8.10. The van der Waals surface area contributed by atoms with Crippen molar-refractivity contribution in [2.45, 2.75) is 32.1 Å². The standard InChI is InChI=1S/C21H22O2/c1-15-11-12-19(20(22)23)21(2,14-15)18-10-6-9-17(13-18)16-7-4-3-5-8-16/h3-10,12-13,15H,11,14H2,1-2H3,(H,22,23).